The summed E-state index contributed by atoms with van der Waals surface area (Å²) in [5.74, 6) is -2.04. The van der Waals surface area contributed by atoms with Gasteiger partial charge >= 0.3 is 12.5 Å². The molecule has 1 aliphatic rings. The summed E-state index contributed by atoms with van der Waals surface area (Å²) < 4.78 is 90.6. The monoisotopic (exact) mass is 482 g/mol. The summed E-state index contributed by atoms with van der Waals surface area (Å²) >= 11 is 5.28. The highest BCUT2D eigenvalue weighted by molar-refractivity contribution is 7.80. The van der Waals surface area contributed by atoms with Gasteiger partial charge in [0.1, 0.15) is 12.7 Å². The number of para-hydroxylation sites is 2. The maximum absolute atomic E-state index is 12.7. The molecule has 14 heteroatoms. The van der Waals surface area contributed by atoms with E-state index in [1.807, 2.05) is 0 Å². The number of hydrogen-bond donors (Lipinski definition) is 1. The van der Waals surface area contributed by atoms with Gasteiger partial charge in [-0.25, -0.2) is 4.98 Å². The van der Waals surface area contributed by atoms with Crippen LogP contribution in [0.25, 0.3) is 0 Å². The van der Waals surface area contributed by atoms with Crippen LogP contribution < -0.4 is 14.8 Å². The maximum Gasteiger partial charge on any atom is 0.573 e. The van der Waals surface area contributed by atoms with Gasteiger partial charge in [-0.05, 0) is 24.4 Å². The summed E-state index contributed by atoms with van der Waals surface area (Å²) in [7, 11) is 0. The maximum atomic E-state index is 12.7. The number of anilines is 1. The van der Waals surface area contributed by atoms with Crippen molar-refractivity contribution in [3.05, 3.63) is 42.4 Å². The van der Waals surface area contributed by atoms with Gasteiger partial charge in [-0.1, -0.05) is 12.1 Å². The third kappa shape index (κ3) is 6.82. The summed E-state index contributed by atoms with van der Waals surface area (Å²) in [6.45, 7) is 0.622. The molecule has 1 unspecified atom stereocenters. The molecule has 0 spiro atoms. The fourth-order valence-corrected chi connectivity index (χ4v) is 3.00. The van der Waals surface area contributed by atoms with Gasteiger partial charge in [0, 0.05) is 25.4 Å². The van der Waals surface area contributed by atoms with Crippen LogP contribution in [0.5, 0.6) is 11.6 Å². The topological polar surface area (TPSA) is 68.7 Å². The van der Waals surface area contributed by atoms with E-state index in [1.165, 1.54) is 24.3 Å². The summed E-state index contributed by atoms with van der Waals surface area (Å²) in [5, 5.41) is 2.83. The Balaban J connectivity index is 1.58. The zero-order chi connectivity index (χ0) is 23.4. The van der Waals surface area contributed by atoms with Crippen molar-refractivity contribution >= 4 is 23.0 Å². The summed E-state index contributed by atoms with van der Waals surface area (Å²) in [4.78, 5) is 8.09. The average molecular weight is 482 g/mol. The largest absolute Gasteiger partial charge is 0.573 e. The highest BCUT2D eigenvalue weighted by atomic mass is 32.1. The van der Waals surface area contributed by atoms with Crippen molar-refractivity contribution in [3.63, 3.8) is 0 Å². The molecule has 0 saturated carbocycles. The SMILES string of the molecule is FC(F)(F)Oc1ccccc1NC(=S)N1CCOC(COc2ccnc(C(F)(F)F)n2)C1. The lowest BCUT2D eigenvalue weighted by Crippen LogP contribution is -2.49. The first-order chi connectivity index (χ1) is 15.0. The van der Waals surface area contributed by atoms with Crippen molar-refractivity contribution in [2.24, 2.45) is 0 Å². The Morgan fingerprint density at radius 1 is 1.19 bits per heavy atom. The Hall–Kier alpha value is -2.87. The number of aromatic nitrogens is 2. The number of hydrogen-bond acceptors (Lipinski definition) is 6. The van der Waals surface area contributed by atoms with Crippen LogP contribution in [0, 0.1) is 0 Å². The van der Waals surface area contributed by atoms with Crippen LogP contribution in [0.3, 0.4) is 0 Å². The molecule has 1 saturated heterocycles. The first-order valence-electron chi connectivity index (χ1n) is 9.06. The Morgan fingerprint density at radius 3 is 2.66 bits per heavy atom. The first kappa shape index (κ1) is 23.8. The molecule has 0 bridgehead atoms. The third-order valence-corrected chi connectivity index (χ3v) is 4.44. The number of halogens is 6. The van der Waals surface area contributed by atoms with Crippen molar-refractivity contribution in [2.45, 2.75) is 18.6 Å². The smallest absolute Gasteiger partial charge is 0.475 e. The molecule has 174 valence electrons. The minimum absolute atomic E-state index is 0.0229. The van der Waals surface area contributed by atoms with E-state index >= 15 is 0 Å². The zero-order valence-electron chi connectivity index (χ0n) is 16.1. The van der Waals surface area contributed by atoms with E-state index in [2.05, 4.69) is 20.0 Å². The number of alkyl halides is 6. The third-order valence-electron chi connectivity index (χ3n) is 4.08. The van der Waals surface area contributed by atoms with E-state index in [4.69, 9.17) is 21.7 Å². The van der Waals surface area contributed by atoms with Crippen molar-refractivity contribution in [3.8, 4) is 11.6 Å². The van der Waals surface area contributed by atoms with Crippen LogP contribution >= 0.6 is 12.2 Å². The van der Waals surface area contributed by atoms with E-state index < -0.39 is 30.2 Å². The molecule has 1 aromatic carbocycles. The molecule has 32 heavy (non-hydrogen) atoms. The number of thiocarbonyl (C=S) groups is 1. The second-order valence-corrected chi connectivity index (χ2v) is 6.83. The number of ether oxygens (including phenoxy) is 3. The van der Waals surface area contributed by atoms with Crippen LogP contribution in [-0.4, -0.2) is 58.7 Å². The van der Waals surface area contributed by atoms with Crippen molar-refractivity contribution in [1.29, 1.82) is 0 Å². The van der Waals surface area contributed by atoms with E-state index in [9.17, 15) is 26.3 Å². The molecule has 2 heterocycles. The van der Waals surface area contributed by atoms with Crippen molar-refractivity contribution in [1.82, 2.24) is 14.9 Å². The average Bonchev–Trinajstić information content (AvgIpc) is 2.72. The fourth-order valence-electron chi connectivity index (χ4n) is 2.72. The van der Waals surface area contributed by atoms with Gasteiger partial charge in [-0.15, -0.1) is 13.2 Å². The van der Waals surface area contributed by atoms with E-state index in [0.717, 1.165) is 12.3 Å². The second-order valence-electron chi connectivity index (χ2n) is 6.44. The highest BCUT2D eigenvalue weighted by Gasteiger charge is 2.35. The molecule has 1 fully saturated rings. The van der Waals surface area contributed by atoms with E-state index in [-0.39, 0.29) is 36.4 Å². The highest BCUT2D eigenvalue weighted by Crippen LogP contribution is 2.30. The quantitative estimate of drug-likeness (QED) is 0.509. The molecule has 0 aliphatic carbocycles. The second kappa shape index (κ2) is 9.73. The molecule has 1 N–H and O–H groups in total. The standard InChI is InChI=1S/C18H16F6N4O3S/c19-17(20,21)15-25-6-5-14(27-15)30-10-11-9-28(7-8-29-11)16(32)26-12-3-1-2-4-13(12)31-18(22,23)24/h1-6,11H,7-10H2,(H,26,32). The van der Waals surface area contributed by atoms with Crippen molar-refractivity contribution < 1.29 is 40.6 Å². The van der Waals surface area contributed by atoms with Gasteiger partial charge in [-0.2, -0.15) is 18.2 Å². The predicted octanol–water partition coefficient (Wildman–Crippen LogP) is 3.87. The molecular formula is C18H16F6N4O3S. The molecule has 7 nitrogen and oxygen atoms in total. The first-order valence-corrected chi connectivity index (χ1v) is 9.47. The Morgan fingerprint density at radius 2 is 1.94 bits per heavy atom. The Kier molecular flexibility index (Phi) is 7.23. The summed E-state index contributed by atoms with van der Waals surface area (Å²) in [6, 6.07) is 6.60. The van der Waals surface area contributed by atoms with Crippen LogP contribution in [0.4, 0.5) is 32.0 Å². The van der Waals surface area contributed by atoms with Gasteiger partial charge in [-0.3, -0.25) is 0 Å². The minimum Gasteiger partial charge on any atom is -0.475 e. The number of nitrogens with zero attached hydrogens (tertiary/aromatic N) is 3. The minimum atomic E-state index is -4.87. The number of benzene rings is 1. The van der Waals surface area contributed by atoms with Crippen LogP contribution in [-0.2, 0) is 10.9 Å². The van der Waals surface area contributed by atoms with Gasteiger partial charge in [0.25, 0.3) is 0 Å². The molecule has 0 radical (unpaired) electrons. The number of morpholine rings is 1. The van der Waals surface area contributed by atoms with Crippen LogP contribution in [0.2, 0.25) is 0 Å². The van der Waals surface area contributed by atoms with Gasteiger partial charge in [0.15, 0.2) is 10.9 Å². The lowest BCUT2D eigenvalue weighted by atomic mass is 10.3. The molecule has 1 atom stereocenters. The fraction of sp³-hybridized carbons (Fsp3) is 0.389. The lowest BCUT2D eigenvalue weighted by Gasteiger charge is -2.34. The Labute approximate surface area is 183 Å². The van der Waals surface area contributed by atoms with E-state index in [0.29, 0.717) is 6.54 Å². The molecule has 3 rings (SSSR count). The Bertz CT molecular complexity index is 943. The summed E-state index contributed by atoms with van der Waals surface area (Å²) in [6.07, 6.45) is -9.22. The molecular weight excluding hydrogens is 466 g/mol. The van der Waals surface area contributed by atoms with Crippen LogP contribution in [0.1, 0.15) is 5.82 Å². The molecule has 2 aromatic rings. The zero-order valence-corrected chi connectivity index (χ0v) is 16.9. The van der Waals surface area contributed by atoms with Gasteiger partial charge in [0.2, 0.25) is 11.7 Å². The summed E-state index contributed by atoms with van der Waals surface area (Å²) in [5.41, 5.74) is 0.0229. The molecule has 1 aromatic heterocycles. The van der Waals surface area contributed by atoms with E-state index in [1.54, 1.807) is 4.90 Å². The molecule has 0 amide bonds. The normalized spacial score (nSPS) is 17.1. The number of nitrogens with one attached hydrogen (secondary N) is 1. The van der Waals surface area contributed by atoms with Crippen molar-refractivity contribution in [2.75, 3.05) is 31.6 Å². The lowest BCUT2D eigenvalue weighted by molar-refractivity contribution is -0.274. The van der Waals surface area contributed by atoms with Gasteiger partial charge < -0.3 is 24.4 Å². The number of rotatable bonds is 5. The van der Waals surface area contributed by atoms with Gasteiger partial charge in [0.05, 0.1) is 12.3 Å². The predicted molar refractivity (Wildman–Crippen MR) is 103 cm³/mol. The molecule has 1 aliphatic heterocycles. The van der Waals surface area contributed by atoms with Crippen LogP contribution in [0.15, 0.2) is 36.5 Å².